The third-order valence-corrected chi connectivity index (χ3v) is 12.2. The number of nitrogens with zero attached hydrogens (tertiary/aromatic N) is 2. The first-order chi connectivity index (χ1) is 29.7. The topological polar surface area (TPSA) is 267 Å². The lowest BCUT2D eigenvalue weighted by Gasteiger charge is -2.21. The molecule has 0 saturated carbocycles. The number of Topliss-reactive ketones (excluding diaryl/α,β-unsaturated/α-hetero) is 1. The highest BCUT2D eigenvalue weighted by Gasteiger charge is 2.32. The van der Waals surface area contributed by atoms with E-state index in [0.717, 1.165) is 66.6 Å². The minimum Gasteiger partial charge on any atom is -0.481 e. The summed E-state index contributed by atoms with van der Waals surface area (Å²) in [6.07, 6.45) is 14.0. The Morgan fingerprint density at radius 2 is 1.23 bits per heavy atom. The smallest absolute Gasteiger partial charge is 0.303 e. The number of hydrogen-bond donors (Lipinski definition) is 10. The minimum atomic E-state index is -1.07. The maximum Gasteiger partial charge on any atom is 0.303 e. The number of aromatic nitrogens is 8. The van der Waals surface area contributed by atoms with Crippen LogP contribution in [-0.4, -0.2) is 85.8 Å². The molecule has 0 fully saturated rings. The van der Waals surface area contributed by atoms with Gasteiger partial charge in [0.15, 0.2) is 5.78 Å². The van der Waals surface area contributed by atoms with Gasteiger partial charge < -0.3 is 51.2 Å². The van der Waals surface area contributed by atoms with Crippen molar-refractivity contribution in [1.82, 2.24) is 45.2 Å². The predicted octanol–water partition coefficient (Wildman–Crippen LogP) is 1.70. The molecule has 11 N–H and O–H groups in total. The van der Waals surface area contributed by atoms with Gasteiger partial charge in [-0.05, 0) is 116 Å². The molecule has 7 heterocycles. The number of carboxylic acid groups (broad SMARTS) is 2. The van der Waals surface area contributed by atoms with Gasteiger partial charge in [0.05, 0.1) is 41.4 Å². The van der Waals surface area contributed by atoms with E-state index in [9.17, 15) is 24.6 Å². The number of imidazole rings is 2. The van der Waals surface area contributed by atoms with E-state index in [1.54, 1.807) is 12.4 Å². The molecule has 0 spiro atoms. The van der Waals surface area contributed by atoms with E-state index >= 15 is 4.79 Å². The molecule has 0 aromatic carbocycles. The SMILES string of the molecule is CCc1c2[nH]c(c1C)C(C(=O)[C@H](Cc1cnc[nH]1)NC(=O)[C@@H](N)Cc1cnc[nH]1)=c1[nH]c(c(C)c1CC)=Cc1[nH]c(c(CCC(=O)O)c1C)C=c1[nH]c(c(C)c1CCC(=O)O)=C2. The van der Waals surface area contributed by atoms with Gasteiger partial charge in [0.25, 0.3) is 0 Å². The molecule has 1 aliphatic rings. The monoisotopic (exact) mass is 842 g/mol. The second-order valence-electron chi connectivity index (χ2n) is 16.0. The number of carboxylic acids is 2. The summed E-state index contributed by atoms with van der Waals surface area (Å²) in [4.78, 5) is 81.9. The third-order valence-electron chi connectivity index (χ3n) is 12.2. The number of nitrogens with two attached hydrogens (primary N) is 1. The molecule has 0 unspecified atom stereocenters. The van der Waals surface area contributed by atoms with Gasteiger partial charge in [0.1, 0.15) is 0 Å². The first-order valence-corrected chi connectivity index (χ1v) is 20.9. The Morgan fingerprint density at radius 3 is 1.84 bits per heavy atom. The predicted molar refractivity (Wildman–Crippen MR) is 234 cm³/mol. The van der Waals surface area contributed by atoms with Gasteiger partial charge in [-0.15, -0.1) is 0 Å². The van der Waals surface area contributed by atoms with Crippen LogP contribution in [0.25, 0.3) is 23.8 Å². The number of rotatable bonds is 16. The summed E-state index contributed by atoms with van der Waals surface area (Å²) in [5, 5.41) is 25.3. The fraction of sp³-hybridized carbons (Fsp3) is 0.348. The molecule has 1 amide bonds. The zero-order valence-electron chi connectivity index (χ0n) is 35.9. The Morgan fingerprint density at radius 1 is 0.661 bits per heavy atom. The van der Waals surface area contributed by atoms with Crippen LogP contribution in [0, 0.1) is 27.7 Å². The average molecular weight is 843 g/mol. The Balaban J connectivity index is 1.53. The van der Waals surface area contributed by atoms with Crippen molar-refractivity contribution >= 4 is 47.4 Å². The molecule has 8 bridgehead atoms. The molecule has 324 valence electrons. The molecule has 0 radical (unpaired) electrons. The van der Waals surface area contributed by atoms with Crippen molar-refractivity contribution in [3.05, 3.63) is 125 Å². The molecule has 16 nitrogen and oxygen atoms in total. The molecular formula is C46H54N10O6. The van der Waals surface area contributed by atoms with Gasteiger partial charge in [0, 0.05) is 82.6 Å². The van der Waals surface area contributed by atoms with Gasteiger partial charge in [-0.25, -0.2) is 9.97 Å². The van der Waals surface area contributed by atoms with Crippen LogP contribution in [0.4, 0.5) is 0 Å². The number of amides is 1. The lowest BCUT2D eigenvalue weighted by Crippen LogP contribution is -2.51. The molecule has 16 heteroatoms. The van der Waals surface area contributed by atoms with E-state index in [1.807, 2.05) is 52.8 Å². The summed E-state index contributed by atoms with van der Waals surface area (Å²) < 4.78 is 0. The first kappa shape index (κ1) is 43.2. The van der Waals surface area contributed by atoms with Crippen molar-refractivity contribution in [2.45, 2.75) is 105 Å². The van der Waals surface area contributed by atoms with Crippen molar-refractivity contribution < 1.29 is 29.4 Å². The summed E-state index contributed by atoms with van der Waals surface area (Å²) in [6.45, 7) is 12.0. The summed E-state index contributed by atoms with van der Waals surface area (Å²) >= 11 is 0. The number of aliphatic carboxylic acids is 2. The number of carbonyl (C=O) groups excluding carboxylic acids is 2. The van der Waals surface area contributed by atoms with Gasteiger partial charge in [0.2, 0.25) is 5.91 Å². The van der Waals surface area contributed by atoms with E-state index in [2.05, 4.69) is 52.1 Å². The fourth-order valence-corrected chi connectivity index (χ4v) is 8.75. The number of nitrogens with one attached hydrogen (secondary N) is 7. The summed E-state index contributed by atoms with van der Waals surface area (Å²) in [6, 6.07) is -2.04. The Kier molecular flexibility index (Phi) is 12.5. The number of ketones is 1. The van der Waals surface area contributed by atoms with Crippen LogP contribution in [0.1, 0.15) is 105 Å². The lowest BCUT2D eigenvalue weighted by atomic mass is 9.93. The Labute approximate surface area is 357 Å². The molecule has 2 atom stereocenters. The number of H-pyrrole nitrogens is 6. The van der Waals surface area contributed by atoms with Gasteiger partial charge in [-0.1, -0.05) is 13.8 Å². The molecule has 6 aromatic heterocycles. The molecule has 7 rings (SSSR count). The maximum atomic E-state index is 15.6. The van der Waals surface area contributed by atoms with Crippen LogP contribution in [0.2, 0.25) is 0 Å². The molecule has 1 aliphatic heterocycles. The number of hydrogen-bond acceptors (Lipinski definition) is 7. The van der Waals surface area contributed by atoms with Crippen molar-refractivity contribution in [1.29, 1.82) is 0 Å². The van der Waals surface area contributed by atoms with Crippen molar-refractivity contribution in [2.75, 3.05) is 0 Å². The third kappa shape index (κ3) is 8.63. The molecule has 62 heavy (non-hydrogen) atoms. The van der Waals surface area contributed by atoms with Gasteiger partial charge in [-0.3, -0.25) is 19.2 Å². The molecule has 0 aliphatic carbocycles. The highest BCUT2D eigenvalue weighted by molar-refractivity contribution is 6.23. The van der Waals surface area contributed by atoms with E-state index < -0.39 is 29.9 Å². The number of aromatic amines is 6. The van der Waals surface area contributed by atoms with Crippen LogP contribution in [0.3, 0.4) is 0 Å². The van der Waals surface area contributed by atoms with Crippen LogP contribution in [0.15, 0.2) is 25.0 Å². The van der Waals surface area contributed by atoms with E-state index in [-0.39, 0.29) is 44.3 Å². The summed E-state index contributed by atoms with van der Waals surface area (Å²) in [5.74, 6) is -2.69. The highest BCUT2D eigenvalue weighted by Crippen LogP contribution is 2.28. The van der Waals surface area contributed by atoms with Crippen LogP contribution >= 0.6 is 0 Å². The number of fused-ring (bicyclic) bond motifs is 8. The van der Waals surface area contributed by atoms with E-state index in [0.29, 0.717) is 51.9 Å². The summed E-state index contributed by atoms with van der Waals surface area (Å²) in [7, 11) is 0. The van der Waals surface area contributed by atoms with E-state index in [1.165, 1.54) is 12.7 Å². The average Bonchev–Trinajstić information content (AvgIpc) is 4.10. The zero-order valence-corrected chi connectivity index (χ0v) is 35.9. The Hall–Kier alpha value is -6.94. The standard InChI is InChI=1S/C46H54N10O6/c1-7-28-25(6)43-42(45(61)39(14-27-19-49-21-51-27)56-46(62)32(47)13-26-18-48-20-50-26)44-29(8-2)22(3)35(54-44)15-33-23(4)30(9-11-40(57)58)37(52-33)17-38-31(10-12-41(59)60)24(5)34(53-38)16-36(28)55-43/h15-21,32,39,52-55H,7-14,47H2,1-6H3,(H,48,50)(H,49,51)(H,56,62)(H,57,58)(H,59,60)/t32-,39-/m0/s1. The quantitative estimate of drug-likeness (QED) is 0.0679. The second-order valence-corrected chi connectivity index (χ2v) is 16.0. The van der Waals surface area contributed by atoms with E-state index in [4.69, 9.17) is 5.73 Å². The number of carbonyl (C=O) groups is 4. The van der Waals surface area contributed by atoms with Crippen molar-refractivity contribution in [3.63, 3.8) is 0 Å². The largest absolute Gasteiger partial charge is 0.481 e. The van der Waals surface area contributed by atoms with Gasteiger partial charge in [-0.2, -0.15) is 0 Å². The minimum absolute atomic E-state index is 0.0850. The van der Waals surface area contributed by atoms with Crippen molar-refractivity contribution in [2.24, 2.45) is 5.73 Å². The van der Waals surface area contributed by atoms with Crippen LogP contribution in [0.5, 0.6) is 0 Å². The normalized spacial score (nSPS) is 13.2. The van der Waals surface area contributed by atoms with Crippen molar-refractivity contribution in [3.8, 4) is 0 Å². The lowest BCUT2D eigenvalue weighted by molar-refractivity contribution is -0.138. The molecule has 6 aromatic rings. The molecular weight excluding hydrogens is 789 g/mol. The second kappa shape index (κ2) is 18.0. The Bertz CT molecular complexity index is 2920. The van der Waals surface area contributed by atoms with Gasteiger partial charge >= 0.3 is 11.9 Å². The molecule has 0 saturated heterocycles. The zero-order chi connectivity index (χ0) is 44.4. The highest BCUT2D eigenvalue weighted by atomic mass is 16.4. The van der Waals surface area contributed by atoms with Crippen LogP contribution < -0.4 is 32.4 Å². The summed E-state index contributed by atoms with van der Waals surface area (Å²) in [5.41, 5.74) is 18.0. The fourth-order valence-electron chi connectivity index (χ4n) is 8.75. The first-order valence-electron chi connectivity index (χ1n) is 20.9. The maximum absolute atomic E-state index is 15.6. The van der Waals surface area contributed by atoms with Crippen LogP contribution in [-0.2, 0) is 57.7 Å².